The lowest BCUT2D eigenvalue weighted by atomic mass is 10.2. The number of hydrogen-bond donors (Lipinski definition) is 2. The second-order valence-corrected chi connectivity index (χ2v) is 4.50. The molecule has 0 aliphatic heterocycles. The number of nitrogens with one attached hydrogen (secondary N) is 1. The van der Waals surface area contributed by atoms with Gasteiger partial charge in [-0.25, -0.2) is 4.79 Å². The van der Waals surface area contributed by atoms with Crippen LogP contribution >= 0.6 is 15.9 Å². The highest BCUT2D eigenvalue weighted by molar-refractivity contribution is 9.10. The minimum absolute atomic E-state index is 0.154. The monoisotopic (exact) mass is 335 g/mol. The third-order valence-electron chi connectivity index (χ3n) is 2.30. The van der Waals surface area contributed by atoms with Crippen LogP contribution in [0.2, 0.25) is 0 Å². The Morgan fingerprint density at radius 3 is 2.70 bits per heavy atom. The molecule has 100 valence electrons. The number of halogens is 1. The summed E-state index contributed by atoms with van der Waals surface area (Å²) < 4.78 is 5.01. The number of carboxylic acids is 1. The van der Waals surface area contributed by atoms with Crippen molar-refractivity contribution in [3.8, 4) is 6.07 Å². The van der Waals surface area contributed by atoms with E-state index in [1.165, 1.54) is 6.07 Å². The molecule has 2 rings (SSSR count). The van der Waals surface area contributed by atoms with Crippen molar-refractivity contribution in [1.82, 2.24) is 5.16 Å². The summed E-state index contributed by atoms with van der Waals surface area (Å²) in [4.78, 5) is 22.5. The van der Waals surface area contributed by atoms with Crippen LogP contribution in [0.3, 0.4) is 0 Å². The third-order valence-corrected chi connectivity index (χ3v) is 2.96. The predicted octanol–water partition coefficient (Wildman–Crippen LogP) is 2.26. The number of aromatic carboxylic acids is 1. The maximum Gasteiger partial charge on any atom is 0.374 e. The zero-order valence-electron chi connectivity index (χ0n) is 9.75. The Hall–Kier alpha value is -2.66. The van der Waals surface area contributed by atoms with Crippen molar-refractivity contribution in [3.63, 3.8) is 0 Å². The average molecular weight is 336 g/mol. The highest BCUT2D eigenvalue weighted by atomic mass is 79.9. The molecule has 0 aliphatic rings. The van der Waals surface area contributed by atoms with Crippen LogP contribution < -0.4 is 5.32 Å². The fourth-order valence-corrected chi connectivity index (χ4v) is 1.83. The molecule has 1 amide bonds. The number of carboxylic acid groups (broad SMARTS) is 1. The first-order chi connectivity index (χ1) is 9.51. The smallest absolute Gasteiger partial charge is 0.374 e. The number of anilines is 1. The zero-order valence-corrected chi connectivity index (χ0v) is 11.3. The van der Waals surface area contributed by atoms with Crippen LogP contribution in [0.4, 0.5) is 5.69 Å². The van der Waals surface area contributed by atoms with Gasteiger partial charge < -0.3 is 14.9 Å². The summed E-state index contributed by atoms with van der Waals surface area (Å²) in [5, 5.41) is 23.3. The van der Waals surface area contributed by atoms with Crippen molar-refractivity contribution < 1.29 is 19.2 Å². The summed E-state index contributed by atoms with van der Waals surface area (Å²) in [5.41, 5.74) is 0.706. The molecule has 0 atom stereocenters. The Morgan fingerprint density at radius 1 is 1.40 bits per heavy atom. The maximum absolute atomic E-state index is 11.8. The highest BCUT2D eigenvalue weighted by Gasteiger charge is 2.17. The second-order valence-electron chi connectivity index (χ2n) is 3.64. The van der Waals surface area contributed by atoms with Crippen molar-refractivity contribution in [2.24, 2.45) is 0 Å². The van der Waals surface area contributed by atoms with Gasteiger partial charge >= 0.3 is 5.97 Å². The molecule has 2 aromatic rings. The van der Waals surface area contributed by atoms with E-state index in [9.17, 15) is 9.59 Å². The van der Waals surface area contributed by atoms with Crippen molar-refractivity contribution in [2.75, 3.05) is 5.32 Å². The van der Waals surface area contributed by atoms with E-state index < -0.39 is 17.6 Å². The summed E-state index contributed by atoms with van der Waals surface area (Å²) in [6, 6.07) is 7.60. The number of nitriles is 1. The van der Waals surface area contributed by atoms with Gasteiger partial charge in [0, 0.05) is 10.5 Å². The number of carbonyl (C=O) groups excluding carboxylic acids is 1. The molecule has 1 heterocycles. The van der Waals surface area contributed by atoms with Gasteiger partial charge in [0.2, 0.25) is 5.76 Å². The first-order valence-electron chi connectivity index (χ1n) is 5.22. The zero-order chi connectivity index (χ0) is 14.7. The van der Waals surface area contributed by atoms with Gasteiger partial charge in [-0.1, -0.05) is 5.16 Å². The van der Waals surface area contributed by atoms with Gasteiger partial charge in [-0.05, 0) is 34.1 Å². The summed E-state index contributed by atoms with van der Waals surface area (Å²) in [7, 11) is 0. The van der Waals surface area contributed by atoms with Gasteiger partial charge in [-0.15, -0.1) is 0 Å². The molecule has 1 aromatic carbocycles. The third kappa shape index (κ3) is 2.84. The van der Waals surface area contributed by atoms with Crippen molar-refractivity contribution >= 4 is 33.5 Å². The number of rotatable bonds is 3. The van der Waals surface area contributed by atoms with E-state index in [0.717, 1.165) is 6.07 Å². The number of amides is 1. The van der Waals surface area contributed by atoms with Gasteiger partial charge in [-0.2, -0.15) is 5.26 Å². The Morgan fingerprint density at radius 2 is 2.15 bits per heavy atom. The topological polar surface area (TPSA) is 116 Å². The van der Waals surface area contributed by atoms with E-state index in [1.54, 1.807) is 12.1 Å². The molecule has 0 saturated heterocycles. The Bertz CT molecular complexity index is 733. The maximum atomic E-state index is 11.8. The molecule has 20 heavy (non-hydrogen) atoms. The standard InChI is InChI=1S/C12H6BrN3O4/c13-7-3-6(5-14)1-2-8(7)15-11(17)9-4-10(12(18)19)20-16-9/h1-4H,(H,15,17)(H,18,19). The lowest BCUT2D eigenvalue weighted by molar-refractivity contribution is 0.0651. The Labute approximate surface area is 120 Å². The van der Waals surface area contributed by atoms with Crippen LogP contribution in [-0.2, 0) is 0 Å². The van der Waals surface area contributed by atoms with Crippen molar-refractivity contribution in [2.45, 2.75) is 0 Å². The minimum Gasteiger partial charge on any atom is -0.475 e. The Kier molecular flexibility index (Phi) is 3.81. The molecule has 0 spiro atoms. The molecular weight excluding hydrogens is 330 g/mol. The van der Waals surface area contributed by atoms with Crippen LogP contribution in [0.15, 0.2) is 33.3 Å². The summed E-state index contributed by atoms with van der Waals surface area (Å²) >= 11 is 3.21. The summed E-state index contributed by atoms with van der Waals surface area (Å²) in [6.07, 6.45) is 0. The fraction of sp³-hybridized carbons (Fsp3) is 0. The molecular formula is C12H6BrN3O4. The van der Waals surface area contributed by atoms with E-state index in [0.29, 0.717) is 15.7 Å². The van der Waals surface area contributed by atoms with Crippen LogP contribution in [0.25, 0.3) is 0 Å². The number of nitrogens with zero attached hydrogens (tertiary/aromatic N) is 2. The van der Waals surface area contributed by atoms with Crippen LogP contribution in [0.5, 0.6) is 0 Å². The first kappa shape index (κ1) is 13.8. The highest BCUT2D eigenvalue weighted by Crippen LogP contribution is 2.24. The Balaban J connectivity index is 2.19. The quantitative estimate of drug-likeness (QED) is 0.888. The van der Waals surface area contributed by atoms with Crippen LogP contribution in [0, 0.1) is 11.3 Å². The molecule has 2 N–H and O–H groups in total. The van der Waals surface area contributed by atoms with E-state index >= 15 is 0 Å². The molecule has 0 saturated carbocycles. The van der Waals surface area contributed by atoms with E-state index in [1.807, 2.05) is 6.07 Å². The van der Waals surface area contributed by atoms with E-state index in [2.05, 4.69) is 30.9 Å². The fourth-order valence-electron chi connectivity index (χ4n) is 1.36. The molecule has 8 heteroatoms. The van der Waals surface area contributed by atoms with Gasteiger partial charge in [0.15, 0.2) is 5.69 Å². The number of carbonyl (C=O) groups is 2. The van der Waals surface area contributed by atoms with E-state index in [4.69, 9.17) is 10.4 Å². The molecule has 1 aromatic heterocycles. The average Bonchev–Trinajstić information content (AvgIpc) is 2.91. The van der Waals surface area contributed by atoms with Crippen molar-refractivity contribution in [3.05, 3.63) is 45.8 Å². The predicted molar refractivity (Wildman–Crippen MR) is 70.3 cm³/mol. The largest absolute Gasteiger partial charge is 0.475 e. The molecule has 0 aliphatic carbocycles. The van der Waals surface area contributed by atoms with Gasteiger partial charge in [0.1, 0.15) is 0 Å². The molecule has 0 unspecified atom stereocenters. The van der Waals surface area contributed by atoms with Gasteiger partial charge in [0.25, 0.3) is 5.91 Å². The molecule has 0 fully saturated rings. The minimum atomic E-state index is -1.31. The number of hydrogen-bond acceptors (Lipinski definition) is 5. The van der Waals surface area contributed by atoms with Gasteiger partial charge in [-0.3, -0.25) is 4.79 Å². The van der Waals surface area contributed by atoms with Gasteiger partial charge in [0.05, 0.1) is 17.3 Å². The second kappa shape index (κ2) is 5.54. The summed E-state index contributed by atoms with van der Waals surface area (Å²) in [5.74, 6) is -2.35. The van der Waals surface area contributed by atoms with E-state index in [-0.39, 0.29) is 5.69 Å². The molecule has 7 nitrogen and oxygen atoms in total. The molecule has 0 radical (unpaired) electrons. The lowest BCUT2D eigenvalue weighted by Gasteiger charge is -2.05. The molecule has 0 bridgehead atoms. The van der Waals surface area contributed by atoms with Crippen LogP contribution in [-0.4, -0.2) is 22.1 Å². The van der Waals surface area contributed by atoms with Crippen LogP contribution in [0.1, 0.15) is 26.6 Å². The number of benzene rings is 1. The number of aromatic nitrogens is 1. The first-order valence-corrected chi connectivity index (χ1v) is 6.01. The van der Waals surface area contributed by atoms with Crippen molar-refractivity contribution in [1.29, 1.82) is 5.26 Å². The summed E-state index contributed by atoms with van der Waals surface area (Å²) in [6.45, 7) is 0. The normalized spacial score (nSPS) is 9.80. The SMILES string of the molecule is N#Cc1ccc(NC(=O)c2cc(C(=O)O)on2)c(Br)c1. The lowest BCUT2D eigenvalue weighted by Crippen LogP contribution is -2.12.